The van der Waals surface area contributed by atoms with Crippen LogP contribution in [-0.4, -0.2) is 21.3 Å². The van der Waals surface area contributed by atoms with Crippen molar-refractivity contribution in [2.24, 2.45) is 5.92 Å². The van der Waals surface area contributed by atoms with E-state index >= 15 is 0 Å². The maximum Gasteiger partial charge on any atom is 0.308 e. The summed E-state index contributed by atoms with van der Waals surface area (Å²) in [5.41, 5.74) is 0.710. The molecule has 0 aliphatic carbocycles. The third kappa shape index (κ3) is 2.48. The summed E-state index contributed by atoms with van der Waals surface area (Å²) in [6.45, 7) is 4.02. The van der Waals surface area contributed by atoms with Crippen LogP contribution in [-0.2, 0) is 17.6 Å². The van der Waals surface area contributed by atoms with Crippen LogP contribution in [0.5, 0.6) is 0 Å². The molecule has 5 nitrogen and oxygen atoms in total. The van der Waals surface area contributed by atoms with Crippen LogP contribution in [0.15, 0.2) is 4.79 Å². The molecule has 1 rings (SSSR count). The minimum atomic E-state index is -0.986. The highest BCUT2D eigenvalue weighted by molar-refractivity contribution is 5.70. The molecule has 14 heavy (non-hydrogen) atoms. The van der Waals surface area contributed by atoms with Crippen LogP contribution in [0.2, 0.25) is 0 Å². The standard InChI is InChI=1S/C9H14N2O3/c1-5(2)3-7-6(4-8(12)13)9(14)11-10-7/h5H,3-4H2,1-2H3,(H,12,13)(H2,10,11,14). The molecule has 1 aromatic heterocycles. The van der Waals surface area contributed by atoms with Gasteiger partial charge in [-0.25, -0.2) is 0 Å². The van der Waals surface area contributed by atoms with Crippen LogP contribution >= 0.6 is 0 Å². The van der Waals surface area contributed by atoms with E-state index in [1.165, 1.54) is 0 Å². The van der Waals surface area contributed by atoms with Gasteiger partial charge in [0.05, 0.1) is 12.0 Å². The Balaban J connectivity index is 2.94. The average molecular weight is 198 g/mol. The van der Waals surface area contributed by atoms with Crippen molar-refractivity contribution in [3.8, 4) is 0 Å². The molecule has 0 atom stereocenters. The van der Waals surface area contributed by atoms with Crippen molar-refractivity contribution in [2.75, 3.05) is 0 Å². The van der Waals surface area contributed by atoms with Crippen molar-refractivity contribution in [3.05, 3.63) is 21.6 Å². The van der Waals surface area contributed by atoms with Gasteiger partial charge in [0.2, 0.25) is 0 Å². The molecule has 78 valence electrons. The third-order valence-corrected chi connectivity index (χ3v) is 1.91. The lowest BCUT2D eigenvalue weighted by molar-refractivity contribution is -0.136. The Morgan fingerprint density at radius 1 is 1.43 bits per heavy atom. The highest BCUT2D eigenvalue weighted by Crippen LogP contribution is 2.07. The van der Waals surface area contributed by atoms with Crippen molar-refractivity contribution in [1.29, 1.82) is 0 Å². The number of hydrogen-bond acceptors (Lipinski definition) is 2. The number of aliphatic carboxylic acids is 1. The largest absolute Gasteiger partial charge is 0.481 e. The number of rotatable bonds is 4. The van der Waals surface area contributed by atoms with Crippen molar-refractivity contribution in [1.82, 2.24) is 10.2 Å². The lowest BCUT2D eigenvalue weighted by Gasteiger charge is -2.03. The molecule has 1 aromatic rings. The van der Waals surface area contributed by atoms with Crippen molar-refractivity contribution < 1.29 is 9.90 Å². The maximum absolute atomic E-state index is 11.2. The first-order valence-electron chi connectivity index (χ1n) is 4.51. The highest BCUT2D eigenvalue weighted by Gasteiger charge is 2.13. The molecule has 0 bridgehead atoms. The zero-order valence-corrected chi connectivity index (χ0v) is 8.26. The van der Waals surface area contributed by atoms with E-state index in [0.717, 1.165) is 0 Å². The van der Waals surface area contributed by atoms with E-state index in [1.807, 2.05) is 13.8 Å². The van der Waals surface area contributed by atoms with E-state index in [4.69, 9.17) is 5.11 Å². The Morgan fingerprint density at radius 3 is 2.57 bits per heavy atom. The van der Waals surface area contributed by atoms with E-state index in [0.29, 0.717) is 23.6 Å². The van der Waals surface area contributed by atoms with Crippen LogP contribution < -0.4 is 5.56 Å². The fourth-order valence-electron chi connectivity index (χ4n) is 1.34. The number of aromatic amines is 2. The van der Waals surface area contributed by atoms with Gasteiger partial charge in [0.15, 0.2) is 0 Å². The third-order valence-electron chi connectivity index (χ3n) is 1.91. The molecule has 0 amide bonds. The number of carboxylic acids is 1. The van der Waals surface area contributed by atoms with Crippen LogP contribution in [0.25, 0.3) is 0 Å². The Morgan fingerprint density at radius 2 is 2.07 bits per heavy atom. The Kier molecular flexibility index (Phi) is 3.11. The molecule has 0 saturated carbocycles. The number of aromatic nitrogens is 2. The lowest BCUT2D eigenvalue weighted by atomic mass is 10.0. The molecule has 0 fully saturated rings. The van der Waals surface area contributed by atoms with Crippen molar-refractivity contribution >= 4 is 5.97 Å². The normalized spacial score (nSPS) is 10.8. The number of carboxylic acid groups (broad SMARTS) is 1. The fraction of sp³-hybridized carbons (Fsp3) is 0.556. The summed E-state index contributed by atoms with van der Waals surface area (Å²) in [4.78, 5) is 21.7. The average Bonchev–Trinajstić information content (AvgIpc) is 2.34. The molecule has 0 aromatic carbocycles. The molecule has 3 N–H and O–H groups in total. The number of H-pyrrole nitrogens is 2. The minimum absolute atomic E-state index is 0.221. The van der Waals surface area contributed by atoms with Gasteiger partial charge in [-0.15, -0.1) is 0 Å². The molecule has 0 aliphatic rings. The second-order valence-electron chi connectivity index (χ2n) is 3.70. The number of nitrogens with one attached hydrogen (secondary N) is 2. The van der Waals surface area contributed by atoms with Gasteiger partial charge in [0.25, 0.3) is 5.56 Å². The smallest absolute Gasteiger partial charge is 0.308 e. The molecule has 0 aliphatic heterocycles. The Bertz CT molecular complexity index is 376. The van der Waals surface area contributed by atoms with Crippen LogP contribution in [0.3, 0.4) is 0 Å². The zero-order valence-electron chi connectivity index (χ0n) is 8.26. The van der Waals surface area contributed by atoms with Crippen molar-refractivity contribution in [2.45, 2.75) is 26.7 Å². The van der Waals surface area contributed by atoms with Crippen LogP contribution in [0, 0.1) is 5.92 Å². The van der Waals surface area contributed by atoms with Crippen molar-refractivity contribution in [3.63, 3.8) is 0 Å². The summed E-state index contributed by atoms with van der Waals surface area (Å²) in [5.74, 6) is -0.603. The molecular formula is C9H14N2O3. The quantitative estimate of drug-likeness (QED) is 0.659. The van der Waals surface area contributed by atoms with Gasteiger partial charge >= 0.3 is 5.97 Å². The van der Waals surface area contributed by atoms with Gasteiger partial charge in [-0.3, -0.25) is 14.7 Å². The van der Waals surface area contributed by atoms with Gasteiger partial charge in [0, 0.05) is 5.69 Å². The number of carbonyl (C=O) groups is 1. The predicted molar refractivity (Wildman–Crippen MR) is 51.3 cm³/mol. The highest BCUT2D eigenvalue weighted by atomic mass is 16.4. The molecule has 0 unspecified atom stereocenters. The first kappa shape index (κ1) is 10.6. The molecule has 5 heteroatoms. The van der Waals surface area contributed by atoms with Crippen LogP contribution in [0.1, 0.15) is 25.1 Å². The van der Waals surface area contributed by atoms with E-state index in [-0.39, 0.29) is 12.0 Å². The van der Waals surface area contributed by atoms with Gasteiger partial charge in [0.1, 0.15) is 0 Å². The summed E-state index contributed by atoms with van der Waals surface area (Å²) >= 11 is 0. The first-order valence-corrected chi connectivity index (χ1v) is 4.51. The molecule has 1 heterocycles. The summed E-state index contributed by atoms with van der Waals surface area (Å²) in [6.07, 6.45) is 0.461. The molecule has 0 spiro atoms. The van der Waals surface area contributed by atoms with E-state index in [9.17, 15) is 9.59 Å². The SMILES string of the molecule is CC(C)Cc1[nH][nH]c(=O)c1CC(=O)O. The van der Waals surface area contributed by atoms with E-state index in [1.54, 1.807) is 0 Å². The second kappa shape index (κ2) is 4.13. The topological polar surface area (TPSA) is 86.0 Å². The lowest BCUT2D eigenvalue weighted by Crippen LogP contribution is -2.13. The van der Waals surface area contributed by atoms with Gasteiger partial charge in [-0.1, -0.05) is 13.8 Å². The monoisotopic (exact) mass is 198 g/mol. The predicted octanol–water partition coefficient (Wildman–Crippen LogP) is 0.529. The molecular weight excluding hydrogens is 184 g/mol. The van der Waals surface area contributed by atoms with E-state index < -0.39 is 5.97 Å². The summed E-state index contributed by atoms with van der Waals surface area (Å²) in [6, 6.07) is 0. The zero-order chi connectivity index (χ0) is 10.7. The molecule has 0 radical (unpaired) electrons. The second-order valence-corrected chi connectivity index (χ2v) is 3.70. The van der Waals surface area contributed by atoms with Gasteiger partial charge in [-0.05, 0) is 12.3 Å². The summed E-state index contributed by atoms with van der Waals surface area (Å²) < 4.78 is 0. The summed E-state index contributed by atoms with van der Waals surface area (Å²) in [5, 5.41) is 13.7. The first-order chi connectivity index (χ1) is 6.50. The maximum atomic E-state index is 11.2. The fourth-order valence-corrected chi connectivity index (χ4v) is 1.34. The summed E-state index contributed by atoms with van der Waals surface area (Å²) in [7, 11) is 0. The Labute approximate surface area is 81.1 Å². The number of hydrogen-bond donors (Lipinski definition) is 3. The minimum Gasteiger partial charge on any atom is -0.481 e. The molecule has 0 saturated heterocycles. The van der Waals surface area contributed by atoms with E-state index in [2.05, 4.69) is 10.2 Å². The Hall–Kier alpha value is -1.52. The van der Waals surface area contributed by atoms with Gasteiger partial charge < -0.3 is 10.2 Å². The van der Waals surface area contributed by atoms with Gasteiger partial charge in [-0.2, -0.15) is 0 Å². The van der Waals surface area contributed by atoms with Crippen LogP contribution in [0.4, 0.5) is 0 Å².